The number of aromatic nitrogens is 4. The van der Waals surface area contributed by atoms with Crippen LogP contribution >= 0.6 is 0 Å². The quantitative estimate of drug-likeness (QED) is 0.694. The molecule has 0 aliphatic carbocycles. The second kappa shape index (κ2) is 6.32. The first kappa shape index (κ1) is 13.5. The molecule has 0 aromatic carbocycles. The molecule has 6 nitrogen and oxygen atoms in total. The van der Waals surface area contributed by atoms with Gasteiger partial charge in [-0.2, -0.15) is 9.61 Å². The molecule has 0 atom stereocenters. The molecule has 0 saturated heterocycles. The van der Waals surface area contributed by atoms with Crippen LogP contribution in [0.3, 0.4) is 0 Å². The van der Waals surface area contributed by atoms with Crippen LogP contribution < -0.4 is 4.74 Å². The highest BCUT2D eigenvalue weighted by atomic mass is 16.5. The number of rotatable bonds is 6. The van der Waals surface area contributed by atoms with Gasteiger partial charge in [0.2, 0.25) is 5.88 Å². The van der Waals surface area contributed by atoms with E-state index in [0.717, 1.165) is 16.9 Å². The van der Waals surface area contributed by atoms with E-state index in [0.29, 0.717) is 25.7 Å². The van der Waals surface area contributed by atoms with Crippen molar-refractivity contribution in [3.63, 3.8) is 0 Å². The number of ether oxygens (including phenoxy) is 2. The lowest BCUT2D eigenvalue weighted by Gasteiger charge is -2.10. The van der Waals surface area contributed by atoms with E-state index in [2.05, 4.69) is 15.1 Å². The minimum atomic E-state index is 0.431. The second-order valence-electron chi connectivity index (χ2n) is 4.47. The molecule has 3 heterocycles. The van der Waals surface area contributed by atoms with E-state index in [1.807, 2.05) is 31.2 Å². The minimum absolute atomic E-state index is 0.431. The van der Waals surface area contributed by atoms with E-state index >= 15 is 0 Å². The van der Waals surface area contributed by atoms with Crippen molar-refractivity contribution < 1.29 is 9.47 Å². The van der Waals surface area contributed by atoms with Crippen LogP contribution in [0.4, 0.5) is 0 Å². The molecule has 0 aliphatic rings. The molecule has 0 radical (unpaired) electrons. The van der Waals surface area contributed by atoms with Crippen molar-refractivity contribution in [2.24, 2.45) is 0 Å². The number of hydrogen-bond acceptors (Lipinski definition) is 5. The Morgan fingerprint density at radius 1 is 1.19 bits per heavy atom. The van der Waals surface area contributed by atoms with Crippen molar-refractivity contribution in [2.75, 3.05) is 6.61 Å². The summed E-state index contributed by atoms with van der Waals surface area (Å²) in [6.45, 7) is 3.50. The van der Waals surface area contributed by atoms with Crippen LogP contribution in [0.25, 0.3) is 5.65 Å². The first-order valence-electron chi connectivity index (χ1n) is 6.80. The third kappa shape index (κ3) is 3.17. The summed E-state index contributed by atoms with van der Waals surface area (Å²) < 4.78 is 12.9. The fourth-order valence-corrected chi connectivity index (χ4v) is 1.96. The highest BCUT2D eigenvalue weighted by Crippen LogP contribution is 2.16. The van der Waals surface area contributed by atoms with Crippen molar-refractivity contribution in [2.45, 2.75) is 20.1 Å². The number of hydrogen-bond donors (Lipinski definition) is 0. The Morgan fingerprint density at radius 2 is 2.14 bits per heavy atom. The van der Waals surface area contributed by atoms with Crippen LogP contribution in [0.2, 0.25) is 0 Å². The van der Waals surface area contributed by atoms with E-state index in [4.69, 9.17) is 9.47 Å². The summed E-state index contributed by atoms with van der Waals surface area (Å²) in [5.41, 5.74) is 2.57. The Bertz CT molecular complexity index is 712. The molecule has 3 aromatic heterocycles. The molecule has 0 N–H and O–H groups in total. The highest BCUT2D eigenvalue weighted by Gasteiger charge is 2.08. The van der Waals surface area contributed by atoms with Crippen LogP contribution in [0, 0.1) is 0 Å². The van der Waals surface area contributed by atoms with Gasteiger partial charge in [0.25, 0.3) is 0 Å². The molecule has 0 spiro atoms. The monoisotopic (exact) mass is 284 g/mol. The zero-order chi connectivity index (χ0) is 14.5. The smallest absolute Gasteiger partial charge is 0.218 e. The van der Waals surface area contributed by atoms with E-state index in [1.165, 1.54) is 0 Å². The summed E-state index contributed by atoms with van der Waals surface area (Å²) in [4.78, 5) is 8.54. The molecular formula is C15H16N4O2. The van der Waals surface area contributed by atoms with E-state index in [-0.39, 0.29) is 0 Å². The molecule has 6 heteroatoms. The van der Waals surface area contributed by atoms with Gasteiger partial charge in [0.05, 0.1) is 18.5 Å². The van der Waals surface area contributed by atoms with Gasteiger partial charge in [0, 0.05) is 36.7 Å². The highest BCUT2D eigenvalue weighted by molar-refractivity contribution is 5.40. The van der Waals surface area contributed by atoms with Gasteiger partial charge in [0.15, 0.2) is 5.65 Å². The molecule has 3 aromatic rings. The SMILES string of the molecule is CCOCc1cc(OCc2cccnc2)n2nccc2n1. The van der Waals surface area contributed by atoms with Crippen molar-refractivity contribution >= 4 is 5.65 Å². The van der Waals surface area contributed by atoms with Gasteiger partial charge >= 0.3 is 0 Å². The predicted molar refractivity (Wildman–Crippen MR) is 76.9 cm³/mol. The van der Waals surface area contributed by atoms with Gasteiger partial charge in [-0.15, -0.1) is 0 Å². The summed E-state index contributed by atoms with van der Waals surface area (Å²) in [5, 5.41) is 4.23. The van der Waals surface area contributed by atoms with E-state index in [1.54, 1.807) is 23.1 Å². The lowest BCUT2D eigenvalue weighted by atomic mass is 10.3. The lowest BCUT2D eigenvalue weighted by Crippen LogP contribution is -2.05. The molecule has 0 aliphatic heterocycles. The zero-order valence-corrected chi connectivity index (χ0v) is 11.8. The van der Waals surface area contributed by atoms with Crippen molar-refractivity contribution in [3.8, 4) is 5.88 Å². The maximum absolute atomic E-state index is 5.85. The average molecular weight is 284 g/mol. The van der Waals surface area contributed by atoms with Gasteiger partial charge in [0.1, 0.15) is 6.61 Å². The summed E-state index contributed by atoms with van der Waals surface area (Å²) in [5.74, 6) is 0.642. The first-order valence-corrected chi connectivity index (χ1v) is 6.80. The average Bonchev–Trinajstić information content (AvgIpc) is 3.00. The topological polar surface area (TPSA) is 61.5 Å². The van der Waals surface area contributed by atoms with Crippen molar-refractivity contribution in [1.82, 2.24) is 19.6 Å². The Morgan fingerprint density at radius 3 is 2.95 bits per heavy atom. The fraction of sp³-hybridized carbons (Fsp3) is 0.267. The van der Waals surface area contributed by atoms with Crippen molar-refractivity contribution in [3.05, 3.63) is 54.1 Å². The van der Waals surface area contributed by atoms with Crippen LogP contribution in [0.1, 0.15) is 18.2 Å². The molecule has 0 bridgehead atoms. The van der Waals surface area contributed by atoms with E-state index in [9.17, 15) is 0 Å². The van der Waals surface area contributed by atoms with E-state index < -0.39 is 0 Å². The molecular weight excluding hydrogens is 268 g/mol. The second-order valence-corrected chi connectivity index (χ2v) is 4.47. The van der Waals surface area contributed by atoms with Gasteiger partial charge in [-0.05, 0) is 13.0 Å². The molecule has 3 rings (SSSR count). The Hall–Kier alpha value is -2.47. The third-order valence-electron chi connectivity index (χ3n) is 2.94. The maximum atomic E-state index is 5.85. The summed E-state index contributed by atoms with van der Waals surface area (Å²) in [6, 6.07) is 7.54. The standard InChI is InChI=1S/C15H16N4O2/c1-2-20-11-13-8-15(19-14(18-13)5-7-17-19)21-10-12-4-3-6-16-9-12/h3-9H,2,10-11H2,1H3. The van der Waals surface area contributed by atoms with Gasteiger partial charge < -0.3 is 9.47 Å². The molecule has 0 saturated carbocycles. The normalized spacial score (nSPS) is 10.9. The predicted octanol–water partition coefficient (Wildman–Crippen LogP) is 2.24. The fourth-order valence-electron chi connectivity index (χ4n) is 1.96. The molecule has 108 valence electrons. The lowest BCUT2D eigenvalue weighted by molar-refractivity contribution is 0.131. The first-order chi connectivity index (χ1) is 10.4. The van der Waals surface area contributed by atoms with Gasteiger partial charge in [-0.3, -0.25) is 4.98 Å². The number of fused-ring (bicyclic) bond motifs is 1. The largest absolute Gasteiger partial charge is 0.473 e. The maximum Gasteiger partial charge on any atom is 0.218 e. The van der Waals surface area contributed by atoms with Crippen LogP contribution in [-0.4, -0.2) is 26.2 Å². The van der Waals surface area contributed by atoms with Gasteiger partial charge in [-0.25, -0.2) is 4.98 Å². The van der Waals surface area contributed by atoms with Crippen LogP contribution in [0.15, 0.2) is 42.9 Å². The molecule has 0 fully saturated rings. The summed E-state index contributed by atoms with van der Waals surface area (Å²) >= 11 is 0. The van der Waals surface area contributed by atoms with Crippen molar-refractivity contribution in [1.29, 1.82) is 0 Å². The Labute approximate surface area is 122 Å². The zero-order valence-electron chi connectivity index (χ0n) is 11.8. The molecule has 21 heavy (non-hydrogen) atoms. The summed E-state index contributed by atoms with van der Waals surface area (Å²) in [6.07, 6.45) is 5.22. The van der Waals surface area contributed by atoms with Crippen LogP contribution in [-0.2, 0) is 18.0 Å². The van der Waals surface area contributed by atoms with Gasteiger partial charge in [-0.1, -0.05) is 6.07 Å². The Balaban J connectivity index is 1.83. The Kier molecular flexibility index (Phi) is 4.07. The molecule has 0 amide bonds. The summed E-state index contributed by atoms with van der Waals surface area (Å²) in [7, 11) is 0. The number of pyridine rings is 1. The molecule has 0 unspecified atom stereocenters. The third-order valence-corrected chi connectivity index (χ3v) is 2.94. The van der Waals surface area contributed by atoms with Crippen LogP contribution in [0.5, 0.6) is 5.88 Å². The minimum Gasteiger partial charge on any atom is -0.473 e. The number of nitrogens with zero attached hydrogens (tertiary/aromatic N) is 4.